The first-order chi connectivity index (χ1) is 15.0. The number of hydrogen-bond donors (Lipinski definition) is 2. The van der Waals surface area contributed by atoms with Crippen molar-refractivity contribution in [3.8, 4) is 0 Å². The van der Waals surface area contributed by atoms with E-state index in [-0.39, 0.29) is 17.6 Å². The predicted molar refractivity (Wildman–Crippen MR) is 115 cm³/mol. The van der Waals surface area contributed by atoms with E-state index in [9.17, 15) is 19.8 Å². The third-order valence-corrected chi connectivity index (χ3v) is 6.37. The van der Waals surface area contributed by atoms with Gasteiger partial charge in [-0.05, 0) is 36.6 Å². The maximum absolute atomic E-state index is 12.4. The van der Waals surface area contributed by atoms with Crippen molar-refractivity contribution >= 4 is 28.4 Å². The number of β-lactam (4-membered cyclic amide) rings is 1. The second-order valence-corrected chi connectivity index (χ2v) is 8.27. The highest BCUT2D eigenvalue weighted by atomic mass is 16.4. The smallest absolute Gasteiger partial charge is 0.352 e. The van der Waals surface area contributed by atoms with Gasteiger partial charge in [0.15, 0.2) is 12.7 Å². The van der Waals surface area contributed by atoms with Crippen LogP contribution in [0.1, 0.15) is 24.5 Å². The van der Waals surface area contributed by atoms with E-state index < -0.39 is 18.0 Å². The van der Waals surface area contributed by atoms with Gasteiger partial charge >= 0.3 is 5.97 Å². The number of hydrogen-bond acceptors (Lipinski definition) is 3. The molecule has 1 amide bonds. The second kappa shape index (κ2) is 7.32. The fourth-order valence-electron chi connectivity index (χ4n) is 4.89. The molecule has 2 aliphatic heterocycles. The Kier molecular flexibility index (Phi) is 4.59. The number of para-hydroxylation sites is 1. The number of nitrogens with zero attached hydrogens (tertiary/aromatic N) is 2. The van der Waals surface area contributed by atoms with Gasteiger partial charge in [0.25, 0.3) is 0 Å². The first-order valence-electron chi connectivity index (χ1n) is 10.4. The fourth-order valence-corrected chi connectivity index (χ4v) is 4.89. The lowest BCUT2D eigenvalue weighted by atomic mass is 9.82. The van der Waals surface area contributed by atoms with Gasteiger partial charge in [0, 0.05) is 23.1 Å². The average Bonchev–Trinajstić information content (AvgIpc) is 3.09. The van der Waals surface area contributed by atoms with Crippen LogP contribution in [0.25, 0.3) is 16.5 Å². The fraction of sp³-hybridized carbons (Fsp3) is 0.240. The van der Waals surface area contributed by atoms with E-state index in [0.717, 1.165) is 16.6 Å². The molecule has 156 valence electrons. The van der Waals surface area contributed by atoms with E-state index in [2.05, 4.69) is 22.8 Å². The summed E-state index contributed by atoms with van der Waals surface area (Å²) in [5.41, 5.74) is 3.74. The Morgan fingerprint density at radius 3 is 2.55 bits per heavy atom. The van der Waals surface area contributed by atoms with Gasteiger partial charge in [-0.3, -0.25) is 4.79 Å². The number of aliphatic hydroxyl groups excluding tert-OH is 1. The van der Waals surface area contributed by atoms with Crippen LogP contribution >= 0.6 is 0 Å². The topological polar surface area (TPSA) is 81.7 Å². The van der Waals surface area contributed by atoms with Crippen LogP contribution in [0.4, 0.5) is 0 Å². The van der Waals surface area contributed by atoms with Crippen molar-refractivity contribution in [3.63, 3.8) is 0 Å². The van der Waals surface area contributed by atoms with E-state index in [1.165, 1.54) is 10.3 Å². The molecule has 0 unspecified atom stereocenters. The third kappa shape index (κ3) is 3.11. The van der Waals surface area contributed by atoms with Crippen molar-refractivity contribution in [1.29, 1.82) is 0 Å². The van der Waals surface area contributed by atoms with Gasteiger partial charge in [-0.1, -0.05) is 36.4 Å². The van der Waals surface area contributed by atoms with E-state index in [0.29, 0.717) is 18.5 Å². The molecule has 0 spiro atoms. The maximum Gasteiger partial charge on any atom is 0.352 e. The lowest BCUT2D eigenvalue weighted by Crippen LogP contribution is -2.61. The van der Waals surface area contributed by atoms with Crippen molar-refractivity contribution in [1.82, 2.24) is 4.90 Å². The van der Waals surface area contributed by atoms with E-state index in [1.54, 1.807) is 6.92 Å². The normalized spacial score (nSPS) is 21.2. The first-order valence-corrected chi connectivity index (χ1v) is 10.4. The number of carboxylic acid groups (broad SMARTS) is 1. The van der Waals surface area contributed by atoms with Crippen LogP contribution in [0.15, 0.2) is 72.6 Å². The number of aromatic nitrogens is 1. The van der Waals surface area contributed by atoms with Gasteiger partial charge in [-0.15, -0.1) is 0 Å². The summed E-state index contributed by atoms with van der Waals surface area (Å²) in [6.07, 6.45) is 1.70. The largest absolute Gasteiger partial charge is 0.477 e. The molecule has 2 N–H and O–H groups in total. The number of rotatable bonds is 5. The molecule has 0 radical (unpaired) electrons. The standard InChI is InChI=1S/C25H22N2O4/c1-15(28)22-21-13-19(23(25(30)31)27(21)24(22)29)17-10-8-16(9-11-17)14-26-12-4-6-18-5-2-3-7-20(18)26/h2-12,15,21-22,28H,13-14H2,1H3/p+1/t15-,21-,22-/m1/s1. The van der Waals surface area contributed by atoms with Gasteiger partial charge in [0.2, 0.25) is 11.4 Å². The average molecular weight is 415 g/mol. The summed E-state index contributed by atoms with van der Waals surface area (Å²) in [6, 6.07) is 19.9. The Labute approximate surface area is 179 Å². The van der Waals surface area contributed by atoms with Gasteiger partial charge in [0.05, 0.1) is 18.1 Å². The first kappa shape index (κ1) is 19.5. The molecule has 0 saturated carbocycles. The van der Waals surface area contributed by atoms with Crippen molar-refractivity contribution < 1.29 is 24.4 Å². The molecule has 31 heavy (non-hydrogen) atoms. The Bertz CT molecular complexity index is 1220. The molecule has 0 bridgehead atoms. The molecule has 3 aromatic rings. The van der Waals surface area contributed by atoms with Crippen LogP contribution in [0.3, 0.4) is 0 Å². The zero-order valence-electron chi connectivity index (χ0n) is 17.1. The number of fused-ring (bicyclic) bond motifs is 2. The molecule has 0 aliphatic carbocycles. The van der Waals surface area contributed by atoms with E-state index in [4.69, 9.17) is 0 Å². The predicted octanol–water partition coefficient (Wildman–Crippen LogP) is 2.58. The molecule has 3 atom stereocenters. The number of carboxylic acids is 1. The lowest BCUT2D eigenvalue weighted by Gasteiger charge is -2.44. The number of aliphatic carboxylic acids is 1. The number of aliphatic hydroxyl groups is 1. The summed E-state index contributed by atoms with van der Waals surface area (Å²) >= 11 is 0. The minimum absolute atomic E-state index is 0.0445. The summed E-state index contributed by atoms with van der Waals surface area (Å²) in [5.74, 6) is -1.95. The number of carbonyl (C=O) groups is 2. The molecular formula is C25H23N2O4+. The Morgan fingerprint density at radius 1 is 1.13 bits per heavy atom. The highest BCUT2D eigenvalue weighted by Gasteiger charge is 2.56. The van der Waals surface area contributed by atoms with Crippen molar-refractivity contribution in [2.75, 3.05) is 0 Å². The summed E-state index contributed by atoms with van der Waals surface area (Å²) in [4.78, 5) is 25.7. The van der Waals surface area contributed by atoms with Gasteiger partial charge in [0.1, 0.15) is 5.70 Å². The molecule has 1 aromatic heterocycles. The molecule has 1 fully saturated rings. The maximum atomic E-state index is 12.4. The molecule has 2 aromatic carbocycles. The van der Waals surface area contributed by atoms with E-state index >= 15 is 0 Å². The molecule has 3 heterocycles. The molecule has 5 rings (SSSR count). The summed E-state index contributed by atoms with van der Waals surface area (Å²) in [7, 11) is 0. The minimum atomic E-state index is -1.11. The number of pyridine rings is 1. The van der Waals surface area contributed by atoms with Crippen molar-refractivity contribution in [2.24, 2.45) is 5.92 Å². The van der Waals surface area contributed by atoms with Crippen LogP contribution < -0.4 is 4.57 Å². The Hall–Kier alpha value is -3.51. The second-order valence-electron chi connectivity index (χ2n) is 8.27. The van der Waals surface area contributed by atoms with Gasteiger partial charge in [-0.25, -0.2) is 4.79 Å². The van der Waals surface area contributed by atoms with Gasteiger partial charge in [-0.2, -0.15) is 4.57 Å². The Balaban J connectivity index is 1.44. The summed E-state index contributed by atoms with van der Waals surface area (Å²) in [5, 5.41) is 20.8. The van der Waals surface area contributed by atoms with Crippen LogP contribution in [0.5, 0.6) is 0 Å². The van der Waals surface area contributed by atoms with Crippen LogP contribution in [0, 0.1) is 5.92 Å². The highest BCUT2D eigenvalue weighted by Crippen LogP contribution is 2.46. The minimum Gasteiger partial charge on any atom is -0.477 e. The molecule has 6 nitrogen and oxygen atoms in total. The van der Waals surface area contributed by atoms with Crippen LogP contribution in [-0.4, -0.2) is 39.1 Å². The van der Waals surface area contributed by atoms with Gasteiger partial charge < -0.3 is 15.1 Å². The Morgan fingerprint density at radius 2 is 1.84 bits per heavy atom. The van der Waals surface area contributed by atoms with Crippen molar-refractivity contribution in [2.45, 2.75) is 32.0 Å². The molecule has 2 aliphatic rings. The van der Waals surface area contributed by atoms with Crippen LogP contribution in [-0.2, 0) is 16.1 Å². The number of carbonyl (C=O) groups excluding carboxylic acids is 1. The third-order valence-electron chi connectivity index (χ3n) is 6.37. The summed E-state index contributed by atoms with van der Waals surface area (Å²) in [6.45, 7) is 2.28. The molecule has 6 heteroatoms. The monoisotopic (exact) mass is 415 g/mol. The lowest BCUT2D eigenvalue weighted by molar-refractivity contribution is -0.662. The summed E-state index contributed by atoms with van der Waals surface area (Å²) < 4.78 is 2.18. The zero-order chi connectivity index (χ0) is 21.7. The molecule has 1 saturated heterocycles. The SMILES string of the molecule is C[C@@H](O)[C@H]1C(=O)N2C(C(=O)O)=C(c3ccc(C[n+]4cccc5ccccc54)cc3)C[C@H]12. The quantitative estimate of drug-likeness (QED) is 0.496. The van der Waals surface area contributed by atoms with Crippen molar-refractivity contribution in [3.05, 3.63) is 83.7 Å². The highest BCUT2D eigenvalue weighted by molar-refractivity contribution is 6.06. The number of benzene rings is 2. The van der Waals surface area contributed by atoms with Crippen LogP contribution in [0.2, 0.25) is 0 Å². The van der Waals surface area contributed by atoms with E-state index in [1.807, 2.05) is 48.7 Å². The molecular weight excluding hydrogens is 392 g/mol. The number of amides is 1. The zero-order valence-corrected chi connectivity index (χ0v) is 17.1.